The number of aromatic nitrogens is 3. The van der Waals surface area contributed by atoms with Crippen molar-refractivity contribution in [3.8, 4) is 0 Å². The highest BCUT2D eigenvalue weighted by atomic mass is 79.9. The van der Waals surface area contributed by atoms with Crippen molar-refractivity contribution in [3.05, 3.63) is 64.4 Å². The van der Waals surface area contributed by atoms with E-state index in [2.05, 4.69) is 36.8 Å². The second-order valence-corrected chi connectivity index (χ2v) is 8.15. The molecule has 0 radical (unpaired) electrons. The molecule has 3 rings (SSSR count). The van der Waals surface area contributed by atoms with E-state index in [4.69, 9.17) is 0 Å². The standard InChI is InChI=1S/C20H20BrN5O2S/c1-13-10-15(8-9-16(13)21)23-19(28)12-29-20-25-24-17(26(20)2)11-18(27)22-14-6-4-3-5-7-14/h3-10H,11-12H2,1-2H3,(H,22,27)(H,23,28). The van der Waals surface area contributed by atoms with Crippen molar-refractivity contribution >= 4 is 50.9 Å². The minimum absolute atomic E-state index is 0.101. The third-order valence-electron chi connectivity index (χ3n) is 4.08. The molecule has 2 N–H and O–H groups in total. The number of hydrogen-bond donors (Lipinski definition) is 2. The summed E-state index contributed by atoms with van der Waals surface area (Å²) >= 11 is 4.71. The van der Waals surface area contributed by atoms with E-state index in [0.717, 1.165) is 21.4 Å². The molecule has 150 valence electrons. The second kappa shape index (κ2) is 9.71. The number of para-hydroxylation sites is 1. The lowest BCUT2D eigenvalue weighted by Crippen LogP contribution is -2.17. The van der Waals surface area contributed by atoms with E-state index in [1.807, 2.05) is 55.5 Å². The van der Waals surface area contributed by atoms with Crippen LogP contribution in [-0.4, -0.2) is 32.3 Å². The fraction of sp³-hybridized carbons (Fsp3) is 0.200. The zero-order valence-corrected chi connectivity index (χ0v) is 18.4. The summed E-state index contributed by atoms with van der Waals surface area (Å²) in [7, 11) is 1.78. The lowest BCUT2D eigenvalue weighted by Gasteiger charge is -2.07. The molecule has 0 bridgehead atoms. The van der Waals surface area contributed by atoms with Crippen LogP contribution in [0.15, 0.2) is 58.2 Å². The molecular weight excluding hydrogens is 454 g/mol. The van der Waals surface area contributed by atoms with Crippen LogP contribution < -0.4 is 10.6 Å². The molecule has 3 aromatic rings. The van der Waals surface area contributed by atoms with Crippen LogP contribution >= 0.6 is 27.7 Å². The van der Waals surface area contributed by atoms with Crippen LogP contribution in [0.5, 0.6) is 0 Å². The fourth-order valence-corrected chi connectivity index (χ4v) is 3.52. The van der Waals surface area contributed by atoms with Gasteiger partial charge in [-0.15, -0.1) is 10.2 Å². The third-order valence-corrected chi connectivity index (χ3v) is 5.99. The Bertz CT molecular complexity index is 1020. The van der Waals surface area contributed by atoms with Gasteiger partial charge >= 0.3 is 0 Å². The van der Waals surface area contributed by atoms with Gasteiger partial charge in [0.15, 0.2) is 5.16 Å². The number of carbonyl (C=O) groups excluding carboxylic acids is 2. The highest BCUT2D eigenvalue weighted by molar-refractivity contribution is 9.10. The van der Waals surface area contributed by atoms with E-state index in [0.29, 0.717) is 11.0 Å². The first-order valence-electron chi connectivity index (χ1n) is 8.84. The van der Waals surface area contributed by atoms with Crippen molar-refractivity contribution in [1.82, 2.24) is 14.8 Å². The molecule has 0 atom stereocenters. The molecule has 0 aliphatic rings. The molecule has 0 aliphatic heterocycles. The molecule has 2 amide bonds. The number of nitrogens with zero attached hydrogens (tertiary/aromatic N) is 3. The summed E-state index contributed by atoms with van der Waals surface area (Å²) in [5.74, 6) is 0.414. The summed E-state index contributed by atoms with van der Waals surface area (Å²) in [5, 5.41) is 14.4. The molecule has 0 saturated heterocycles. The molecule has 1 aromatic heterocycles. The summed E-state index contributed by atoms with van der Waals surface area (Å²) in [6.45, 7) is 1.96. The molecule has 0 spiro atoms. The number of thioether (sulfide) groups is 1. The lowest BCUT2D eigenvalue weighted by molar-refractivity contribution is -0.116. The molecule has 0 aliphatic carbocycles. The molecule has 0 unspecified atom stereocenters. The lowest BCUT2D eigenvalue weighted by atomic mass is 10.2. The van der Waals surface area contributed by atoms with Crippen molar-refractivity contribution < 1.29 is 9.59 Å². The van der Waals surface area contributed by atoms with E-state index in [1.54, 1.807) is 11.6 Å². The normalized spacial score (nSPS) is 10.6. The molecule has 0 saturated carbocycles. The highest BCUT2D eigenvalue weighted by Crippen LogP contribution is 2.21. The maximum atomic E-state index is 12.2. The molecule has 29 heavy (non-hydrogen) atoms. The van der Waals surface area contributed by atoms with Crippen LogP contribution in [0.3, 0.4) is 0 Å². The summed E-state index contributed by atoms with van der Waals surface area (Å²) in [6, 6.07) is 14.9. The molecule has 2 aromatic carbocycles. The average Bonchev–Trinajstić information content (AvgIpc) is 3.03. The minimum atomic E-state index is -0.174. The summed E-state index contributed by atoms with van der Waals surface area (Å²) in [5.41, 5.74) is 2.52. The Morgan fingerprint density at radius 1 is 1.03 bits per heavy atom. The molecule has 1 heterocycles. The summed E-state index contributed by atoms with van der Waals surface area (Å²) in [4.78, 5) is 24.4. The van der Waals surface area contributed by atoms with Crippen molar-refractivity contribution in [2.45, 2.75) is 18.5 Å². The van der Waals surface area contributed by atoms with Gasteiger partial charge in [0.2, 0.25) is 11.8 Å². The highest BCUT2D eigenvalue weighted by Gasteiger charge is 2.14. The number of carbonyl (C=O) groups is 2. The number of hydrogen-bond acceptors (Lipinski definition) is 5. The molecule has 0 fully saturated rings. The van der Waals surface area contributed by atoms with Gasteiger partial charge in [0.25, 0.3) is 0 Å². The Labute approximate surface area is 181 Å². The fourth-order valence-electron chi connectivity index (χ4n) is 2.54. The molecule has 9 heteroatoms. The third kappa shape index (κ3) is 5.91. The number of halogens is 1. The Morgan fingerprint density at radius 3 is 2.48 bits per heavy atom. The van der Waals surface area contributed by atoms with Crippen LogP contribution in [0.4, 0.5) is 11.4 Å². The average molecular weight is 474 g/mol. The van der Waals surface area contributed by atoms with Gasteiger partial charge in [-0.25, -0.2) is 0 Å². The SMILES string of the molecule is Cc1cc(NC(=O)CSc2nnc(CC(=O)Nc3ccccc3)n2C)ccc1Br. The minimum Gasteiger partial charge on any atom is -0.326 e. The molecule has 7 nitrogen and oxygen atoms in total. The monoisotopic (exact) mass is 473 g/mol. The van der Waals surface area contributed by atoms with Crippen LogP contribution in [-0.2, 0) is 23.1 Å². The van der Waals surface area contributed by atoms with E-state index >= 15 is 0 Å². The number of amides is 2. The first kappa shape index (κ1) is 21.1. The zero-order valence-electron chi connectivity index (χ0n) is 16.0. The number of anilines is 2. The van der Waals surface area contributed by atoms with Gasteiger partial charge in [0, 0.05) is 22.9 Å². The largest absolute Gasteiger partial charge is 0.326 e. The van der Waals surface area contributed by atoms with E-state index in [9.17, 15) is 9.59 Å². The Hall–Kier alpha value is -2.65. The van der Waals surface area contributed by atoms with Crippen molar-refractivity contribution in [2.24, 2.45) is 7.05 Å². The first-order chi connectivity index (χ1) is 13.9. The van der Waals surface area contributed by atoms with E-state index < -0.39 is 0 Å². The van der Waals surface area contributed by atoms with E-state index in [1.165, 1.54) is 11.8 Å². The van der Waals surface area contributed by atoms with Gasteiger partial charge < -0.3 is 15.2 Å². The topological polar surface area (TPSA) is 88.9 Å². The maximum absolute atomic E-state index is 12.2. The Kier molecular flexibility index (Phi) is 7.05. The smallest absolute Gasteiger partial charge is 0.234 e. The van der Waals surface area contributed by atoms with Gasteiger partial charge in [-0.1, -0.05) is 45.9 Å². The number of nitrogens with one attached hydrogen (secondary N) is 2. The van der Waals surface area contributed by atoms with E-state index in [-0.39, 0.29) is 24.0 Å². The summed E-state index contributed by atoms with van der Waals surface area (Å²) in [6.07, 6.45) is 0.101. The quantitative estimate of drug-likeness (QED) is 0.509. The van der Waals surface area contributed by atoms with Crippen molar-refractivity contribution in [3.63, 3.8) is 0 Å². The van der Waals surface area contributed by atoms with Gasteiger partial charge in [-0.2, -0.15) is 0 Å². The van der Waals surface area contributed by atoms with Gasteiger partial charge in [0.1, 0.15) is 5.82 Å². The van der Waals surface area contributed by atoms with Gasteiger partial charge in [0.05, 0.1) is 12.2 Å². The zero-order chi connectivity index (χ0) is 20.8. The van der Waals surface area contributed by atoms with Crippen LogP contribution in [0.2, 0.25) is 0 Å². The second-order valence-electron chi connectivity index (χ2n) is 6.35. The predicted molar refractivity (Wildman–Crippen MR) is 118 cm³/mol. The number of benzene rings is 2. The molecular formula is C20H20BrN5O2S. The van der Waals surface area contributed by atoms with Crippen LogP contribution in [0, 0.1) is 6.92 Å². The first-order valence-corrected chi connectivity index (χ1v) is 10.6. The number of rotatable bonds is 7. The van der Waals surface area contributed by atoms with Crippen molar-refractivity contribution in [2.75, 3.05) is 16.4 Å². The van der Waals surface area contributed by atoms with Gasteiger partial charge in [-0.3, -0.25) is 9.59 Å². The van der Waals surface area contributed by atoms with Gasteiger partial charge in [-0.05, 0) is 42.8 Å². The van der Waals surface area contributed by atoms with Crippen LogP contribution in [0.25, 0.3) is 0 Å². The van der Waals surface area contributed by atoms with Crippen molar-refractivity contribution in [1.29, 1.82) is 0 Å². The van der Waals surface area contributed by atoms with Crippen LogP contribution in [0.1, 0.15) is 11.4 Å². The number of aryl methyl sites for hydroxylation is 1. The predicted octanol–water partition coefficient (Wildman–Crippen LogP) is 3.80. The Balaban J connectivity index is 1.53. The Morgan fingerprint density at radius 2 is 1.76 bits per heavy atom. The summed E-state index contributed by atoms with van der Waals surface area (Å²) < 4.78 is 2.72. The maximum Gasteiger partial charge on any atom is 0.234 e.